The highest BCUT2D eigenvalue weighted by molar-refractivity contribution is 5.79. The molecule has 3 heterocycles. The normalized spacial score (nSPS) is 13.0. The van der Waals surface area contributed by atoms with Crippen LogP contribution in [0, 0.1) is 13.8 Å². The van der Waals surface area contributed by atoms with Gasteiger partial charge < -0.3 is 15.1 Å². The van der Waals surface area contributed by atoms with E-state index in [1.807, 2.05) is 23.9 Å². The molecule has 0 radical (unpaired) electrons. The molecule has 3 rings (SSSR count). The van der Waals surface area contributed by atoms with E-state index in [1.165, 1.54) is 11.3 Å². The number of furan rings is 1. The van der Waals surface area contributed by atoms with Gasteiger partial charge in [-0.25, -0.2) is 4.98 Å². The largest absolute Gasteiger partial charge is 0.461 e. The van der Waals surface area contributed by atoms with Gasteiger partial charge in [-0.15, -0.1) is 0 Å². The maximum atomic E-state index is 5.31. The molecule has 3 N–H and O–H groups in total. The van der Waals surface area contributed by atoms with Crippen LogP contribution in [-0.2, 0) is 19.9 Å². The van der Waals surface area contributed by atoms with Crippen LogP contribution in [0.2, 0.25) is 0 Å². The Morgan fingerprint density at radius 2 is 2.21 bits per heavy atom. The molecule has 0 spiro atoms. The first kappa shape index (κ1) is 19.7. The second kappa shape index (κ2) is 8.73. The van der Waals surface area contributed by atoms with E-state index in [0.29, 0.717) is 24.6 Å². The van der Waals surface area contributed by atoms with E-state index >= 15 is 0 Å². The fraction of sp³-hybridized carbons (Fsp3) is 0.474. The molecule has 0 aliphatic rings. The smallest absolute Gasteiger partial charge is 0.216 e. The second-order valence-electron chi connectivity index (χ2n) is 6.85. The van der Waals surface area contributed by atoms with E-state index < -0.39 is 0 Å². The molecule has 0 saturated heterocycles. The van der Waals surface area contributed by atoms with Crippen molar-refractivity contribution in [2.45, 2.75) is 39.7 Å². The minimum absolute atomic E-state index is 0.226. The zero-order valence-electron chi connectivity index (χ0n) is 17.1. The summed E-state index contributed by atoms with van der Waals surface area (Å²) in [5.74, 6) is 2.78. The van der Waals surface area contributed by atoms with Crippen molar-refractivity contribution in [2.24, 2.45) is 12.0 Å². The Labute approximate surface area is 164 Å². The van der Waals surface area contributed by atoms with E-state index in [9.17, 15) is 0 Å². The number of nitrogens with one attached hydrogen (secondary N) is 3. The van der Waals surface area contributed by atoms with E-state index in [0.717, 1.165) is 23.9 Å². The molecule has 9 nitrogen and oxygen atoms in total. The molecule has 0 aliphatic carbocycles. The van der Waals surface area contributed by atoms with Crippen molar-refractivity contribution in [1.29, 1.82) is 0 Å². The fourth-order valence-electron chi connectivity index (χ4n) is 3.12. The Bertz CT molecular complexity index is 922. The van der Waals surface area contributed by atoms with Crippen molar-refractivity contribution in [1.82, 2.24) is 35.6 Å². The Morgan fingerprint density at radius 1 is 1.39 bits per heavy atom. The number of guanidine groups is 1. The van der Waals surface area contributed by atoms with Gasteiger partial charge in [-0.3, -0.25) is 14.8 Å². The summed E-state index contributed by atoms with van der Waals surface area (Å²) >= 11 is 0. The lowest BCUT2D eigenvalue weighted by Gasteiger charge is -2.18. The van der Waals surface area contributed by atoms with Crippen LogP contribution in [0.3, 0.4) is 0 Å². The number of aliphatic imine (C=N–C) groups is 1. The fourth-order valence-corrected chi connectivity index (χ4v) is 3.12. The molecule has 1 atom stereocenters. The third kappa shape index (κ3) is 4.59. The molecule has 0 bridgehead atoms. The van der Waals surface area contributed by atoms with E-state index in [4.69, 9.17) is 4.42 Å². The Hall–Kier alpha value is -3.10. The van der Waals surface area contributed by atoms with Gasteiger partial charge >= 0.3 is 0 Å². The third-order valence-electron chi connectivity index (χ3n) is 4.70. The van der Waals surface area contributed by atoms with Crippen molar-refractivity contribution in [3.05, 3.63) is 41.2 Å². The molecule has 0 aliphatic heterocycles. The highest BCUT2D eigenvalue weighted by atomic mass is 16.3. The Kier molecular flexibility index (Phi) is 6.13. The molecule has 0 fully saturated rings. The summed E-state index contributed by atoms with van der Waals surface area (Å²) in [7, 11) is 3.75. The molecular formula is C19H28N8O. The van der Waals surface area contributed by atoms with Crippen LogP contribution in [0.4, 0.5) is 0 Å². The lowest BCUT2D eigenvalue weighted by atomic mass is 10.1. The number of aromatic nitrogens is 5. The summed E-state index contributed by atoms with van der Waals surface area (Å²) in [6.07, 6.45) is 3.20. The topological polar surface area (TPSA) is 109 Å². The van der Waals surface area contributed by atoms with E-state index in [1.54, 1.807) is 13.3 Å². The number of nitrogens with zero attached hydrogens (tertiary/aromatic N) is 5. The first-order valence-corrected chi connectivity index (χ1v) is 9.39. The van der Waals surface area contributed by atoms with Crippen LogP contribution in [-0.4, -0.2) is 50.6 Å². The van der Waals surface area contributed by atoms with Crippen LogP contribution in [0.15, 0.2) is 27.8 Å². The molecule has 3 aromatic rings. The van der Waals surface area contributed by atoms with Gasteiger partial charge in [0.05, 0.1) is 12.0 Å². The first-order chi connectivity index (χ1) is 13.5. The zero-order valence-corrected chi connectivity index (χ0v) is 17.1. The van der Waals surface area contributed by atoms with Crippen molar-refractivity contribution in [2.75, 3.05) is 13.6 Å². The molecule has 0 saturated carbocycles. The molecule has 28 heavy (non-hydrogen) atoms. The van der Waals surface area contributed by atoms with Crippen LogP contribution >= 0.6 is 0 Å². The third-order valence-corrected chi connectivity index (χ3v) is 4.70. The number of aryl methyl sites for hydroxylation is 2. The van der Waals surface area contributed by atoms with Crippen LogP contribution < -0.4 is 10.6 Å². The van der Waals surface area contributed by atoms with Gasteiger partial charge in [0.25, 0.3) is 0 Å². The van der Waals surface area contributed by atoms with Crippen LogP contribution in [0.5, 0.6) is 0 Å². The predicted molar refractivity (Wildman–Crippen MR) is 108 cm³/mol. The monoisotopic (exact) mass is 384 g/mol. The molecule has 9 heteroatoms. The number of hydrogen-bond donors (Lipinski definition) is 3. The number of hydrogen-bond acceptors (Lipinski definition) is 5. The molecule has 150 valence electrons. The summed E-state index contributed by atoms with van der Waals surface area (Å²) < 4.78 is 7.24. The van der Waals surface area contributed by atoms with E-state index in [2.05, 4.69) is 56.7 Å². The maximum Gasteiger partial charge on any atom is 0.216 e. The van der Waals surface area contributed by atoms with Gasteiger partial charge in [0, 0.05) is 38.8 Å². The molecule has 3 aromatic heterocycles. The van der Waals surface area contributed by atoms with Crippen LogP contribution in [0.25, 0.3) is 11.6 Å². The van der Waals surface area contributed by atoms with Crippen molar-refractivity contribution < 1.29 is 4.42 Å². The zero-order chi connectivity index (χ0) is 20.1. The summed E-state index contributed by atoms with van der Waals surface area (Å²) in [6.45, 7) is 6.98. The van der Waals surface area contributed by atoms with Gasteiger partial charge in [0.15, 0.2) is 11.7 Å². The molecule has 0 amide bonds. The van der Waals surface area contributed by atoms with Gasteiger partial charge in [-0.05, 0) is 44.9 Å². The number of rotatable bonds is 7. The standard InChI is InChI=1S/C19H28N8O/c1-12(11-15-13(2)26-27(5)14(15)3)22-19(20-4)21-9-8-17-23-18(25-24-17)16-7-6-10-28-16/h6-7,10,12H,8-9,11H2,1-5H3,(H2,20,21,22)(H,23,24,25). The second-order valence-corrected chi connectivity index (χ2v) is 6.85. The predicted octanol–water partition coefficient (Wildman–Crippen LogP) is 1.75. The summed E-state index contributed by atoms with van der Waals surface area (Å²) in [5.41, 5.74) is 3.56. The highest BCUT2D eigenvalue weighted by Gasteiger charge is 2.14. The number of aromatic amines is 1. The minimum Gasteiger partial charge on any atom is -0.461 e. The molecular weight excluding hydrogens is 356 g/mol. The Balaban J connectivity index is 1.48. The maximum absolute atomic E-state index is 5.31. The summed E-state index contributed by atoms with van der Waals surface area (Å²) in [6, 6.07) is 3.88. The van der Waals surface area contributed by atoms with Crippen molar-refractivity contribution in [3.63, 3.8) is 0 Å². The first-order valence-electron chi connectivity index (χ1n) is 9.39. The quantitative estimate of drug-likeness (QED) is 0.423. The van der Waals surface area contributed by atoms with Gasteiger partial charge in [0.1, 0.15) is 5.82 Å². The SMILES string of the molecule is CN=C(NCCc1nc(-c2ccco2)n[nH]1)NC(C)Cc1c(C)nn(C)c1C. The summed E-state index contributed by atoms with van der Waals surface area (Å²) in [5, 5.41) is 18.4. The number of H-pyrrole nitrogens is 1. The Morgan fingerprint density at radius 3 is 2.86 bits per heavy atom. The van der Waals surface area contributed by atoms with Crippen molar-refractivity contribution >= 4 is 5.96 Å². The van der Waals surface area contributed by atoms with Gasteiger partial charge in [0.2, 0.25) is 5.82 Å². The highest BCUT2D eigenvalue weighted by Crippen LogP contribution is 2.15. The van der Waals surface area contributed by atoms with Crippen molar-refractivity contribution in [3.8, 4) is 11.6 Å². The molecule has 1 unspecified atom stereocenters. The van der Waals surface area contributed by atoms with Crippen LogP contribution in [0.1, 0.15) is 29.7 Å². The lowest BCUT2D eigenvalue weighted by Crippen LogP contribution is -2.43. The average Bonchev–Trinajstić information content (AvgIpc) is 3.39. The summed E-state index contributed by atoms with van der Waals surface area (Å²) in [4.78, 5) is 8.75. The lowest BCUT2D eigenvalue weighted by molar-refractivity contribution is 0.577. The van der Waals surface area contributed by atoms with E-state index in [-0.39, 0.29) is 6.04 Å². The van der Waals surface area contributed by atoms with Gasteiger partial charge in [-0.1, -0.05) is 0 Å². The average molecular weight is 384 g/mol. The molecule has 0 aromatic carbocycles. The van der Waals surface area contributed by atoms with Gasteiger partial charge in [-0.2, -0.15) is 10.2 Å². The minimum atomic E-state index is 0.226.